The van der Waals surface area contributed by atoms with Crippen LogP contribution in [0.5, 0.6) is 0 Å². The Morgan fingerprint density at radius 3 is 3.00 bits per heavy atom. The van der Waals surface area contributed by atoms with E-state index in [0.29, 0.717) is 11.6 Å². The summed E-state index contributed by atoms with van der Waals surface area (Å²) in [6, 6.07) is 7.83. The van der Waals surface area contributed by atoms with Crippen molar-refractivity contribution < 1.29 is 4.42 Å². The maximum Gasteiger partial charge on any atom is 0.195 e. The van der Waals surface area contributed by atoms with Crippen LogP contribution in [0.1, 0.15) is 22.5 Å². The lowest BCUT2D eigenvalue weighted by molar-refractivity contribution is 0.238. The van der Waals surface area contributed by atoms with Gasteiger partial charge in [-0.1, -0.05) is 6.07 Å². The molecule has 5 nitrogen and oxygen atoms in total. The summed E-state index contributed by atoms with van der Waals surface area (Å²) in [4.78, 5) is 16.0. The molecule has 0 aliphatic carbocycles. The zero-order valence-corrected chi connectivity index (χ0v) is 13.1. The third-order valence-corrected chi connectivity index (χ3v) is 4.26. The van der Waals surface area contributed by atoms with Crippen LogP contribution < -0.4 is 0 Å². The second kappa shape index (κ2) is 5.93. The van der Waals surface area contributed by atoms with Crippen molar-refractivity contribution in [2.45, 2.75) is 26.4 Å². The zero-order valence-electron chi connectivity index (χ0n) is 13.1. The number of aryl methyl sites for hydroxylation is 1. The molecule has 116 valence electrons. The Morgan fingerprint density at radius 1 is 1.22 bits per heavy atom. The predicted octanol–water partition coefficient (Wildman–Crippen LogP) is 3.00. The minimum Gasteiger partial charge on any atom is -0.461 e. The Labute approximate surface area is 135 Å². The van der Waals surface area contributed by atoms with Gasteiger partial charge in [0.2, 0.25) is 0 Å². The summed E-state index contributed by atoms with van der Waals surface area (Å²) < 4.78 is 5.40. The fourth-order valence-electron chi connectivity index (χ4n) is 2.91. The molecule has 0 atom stereocenters. The molecule has 0 amide bonds. The molecule has 0 radical (unpaired) electrons. The van der Waals surface area contributed by atoms with Crippen molar-refractivity contribution in [1.82, 2.24) is 19.9 Å². The molecule has 3 aromatic heterocycles. The lowest BCUT2D eigenvalue weighted by Gasteiger charge is -2.27. The van der Waals surface area contributed by atoms with E-state index < -0.39 is 0 Å². The highest BCUT2D eigenvalue weighted by Crippen LogP contribution is 2.22. The summed E-state index contributed by atoms with van der Waals surface area (Å²) in [6.07, 6.45) is 6.41. The average Bonchev–Trinajstić information content (AvgIpc) is 3.11. The predicted molar refractivity (Wildman–Crippen MR) is 86.5 cm³/mol. The molecule has 23 heavy (non-hydrogen) atoms. The Hall–Kier alpha value is -2.53. The van der Waals surface area contributed by atoms with Gasteiger partial charge < -0.3 is 4.42 Å². The van der Waals surface area contributed by atoms with Crippen molar-refractivity contribution in [2.75, 3.05) is 6.54 Å². The topological polar surface area (TPSA) is 55.1 Å². The number of hydrogen-bond acceptors (Lipinski definition) is 5. The molecule has 0 saturated heterocycles. The molecule has 0 saturated carbocycles. The van der Waals surface area contributed by atoms with E-state index >= 15 is 0 Å². The van der Waals surface area contributed by atoms with Crippen LogP contribution in [0.15, 0.2) is 47.3 Å². The summed E-state index contributed by atoms with van der Waals surface area (Å²) in [7, 11) is 0. The highest BCUT2D eigenvalue weighted by atomic mass is 16.3. The van der Waals surface area contributed by atoms with E-state index in [1.807, 2.05) is 30.6 Å². The first-order valence-corrected chi connectivity index (χ1v) is 7.81. The third kappa shape index (κ3) is 2.87. The molecule has 0 fully saturated rings. The largest absolute Gasteiger partial charge is 0.461 e. The molecule has 5 heteroatoms. The number of furan rings is 1. The van der Waals surface area contributed by atoms with Gasteiger partial charge in [-0.2, -0.15) is 0 Å². The summed E-state index contributed by atoms with van der Waals surface area (Å²) in [6.45, 7) is 4.79. The van der Waals surface area contributed by atoms with Gasteiger partial charge in [0.05, 0.1) is 17.7 Å². The van der Waals surface area contributed by atoms with Gasteiger partial charge >= 0.3 is 0 Å². The van der Waals surface area contributed by atoms with Crippen LogP contribution in [0.3, 0.4) is 0 Å². The van der Waals surface area contributed by atoms with Crippen molar-refractivity contribution in [1.29, 1.82) is 0 Å². The highest BCUT2D eigenvalue weighted by Gasteiger charge is 2.20. The quantitative estimate of drug-likeness (QED) is 0.744. The van der Waals surface area contributed by atoms with E-state index in [1.165, 1.54) is 11.1 Å². The van der Waals surface area contributed by atoms with Crippen LogP contribution in [0.4, 0.5) is 0 Å². The van der Waals surface area contributed by atoms with Crippen molar-refractivity contribution in [3.8, 4) is 11.6 Å². The fourth-order valence-corrected chi connectivity index (χ4v) is 2.91. The number of fused-ring (bicyclic) bond motifs is 1. The maximum absolute atomic E-state index is 5.40. The minimum atomic E-state index is 0.657. The van der Waals surface area contributed by atoms with Crippen LogP contribution in [0, 0.1) is 6.92 Å². The Kier molecular flexibility index (Phi) is 3.63. The average molecular weight is 306 g/mol. The fraction of sp³-hybridized carbons (Fsp3) is 0.278. The Bertz CT molecular complexity index is 814. The maximum atomic E-state index is 5.40. The van der Waals surface area contributed by atoms with Crippen molar-refractivity contribution in [2.24, 2.45) is 0 Å². The molecule has 1 aliphatic heterocycles. The standard InChI is InChI=1S/C18H18N4O/c1-13-4-2-7-19-15(13)11-22-8-6-14-10-20-18(21-16(14)12-22)17-5-3-9-23-17/h2-5,7,9-10H,6,8,11-12H2,1H3. The molecule has 3 aromatic rings. The van der Waals surface area contributed by atoms with E-state index in [2.05, 4.69) is 27.9 Å². The second-order valence-electron chi connectivity index (χ2n) is 5.87. The van der Waals surface area contributed by atoms with Crippen molar-refractivity contribution in [3.05, 3.63) is 65.4 Å². The number of hydrogen-bond donors (Lipinski definition) is 0. The lowest BCUT2D eigenvalue weighted by Crippen LogP contribution is -2.31. The van der Waals surface area contributed by atoms with Crippen LogP contribution in [-0.4, -0.2) is 26.4 Å². The summed E-state index contributed by atoms with van der Waals surface area (Å²) in [5.41, 5.74) is 4.69. The van der Waals surface area contributed by atoms with E-state index in [1.54, 1.807) is 6.26 Å². The molecule has 4 rings (SSSR count). The van der Waals surface area contributed by atoms with Crippen molar-refractivity contribution in [3.63, 3.8) is 0 Å². The first-order valence-electron chi connectivity index (χ1n) is 7.81. The summed E-state index contributed by atoms with van der Waals surface area (Å²) >= 11 is 0. The highest BCUT2D eigenvalue weighted by molar-refractivity contribution is 5.46. The van der Waals surface area contributed by atoms with Gasteiger partial charge in [0.1, 0.15) is 0 Å². The van der Waals surface area contributed by atoms with Crippen molar-refractivity contribution >= 4 is 0 Å². The molecular weight excluding hydrogens is 288 g/mol. The van der Waals surface area contributed by atoms with E-state index in [0.717, 1.165) is 37.4 Å². The van der Waals surface area contributed by atoms with Crippen LogP contribution in [0.2, 0.25) is 0 Å². The Balaban J connectivity index is 1.56. The van der Waals surface area contributed by atoms with Gasteiger partial charge in [0, 0.05) is 32.0 Å². The van der Waals surface area contributed by atoms with Gasteiger partial charge in [-0.05, 0) is 42.7 Å². The molecule has 0 aromatic carbocycles. The molecule has 0 spiro atoms. The van der Waals surface area contributed by atoms with E-state index in [9.17, 15) is 0 Å². The molecule has 0 unspecified atom stereocenters. The van der Waals surface area contributed by atoms with Gasteiger partial charge in [0.25, 0.3) is 0 Å². The molecular formula is C18H18N4O. The second-order valence-corrected chi connectivity index (χ2v) is 5.87. The number of pyridine rings is 1. The van der Waals surface area contributed by atoms with Crippen LogP contribution in [0.25, 0.3) is 11.6 Å². The van der Waals surface area contributed by atoms with Crippen LogP contribution in [-0.2, 0) is 19.5 Å². The monoisotopic (exact) mass is 306 g/mol. The third-order valence-electron chi connectivity index (χ3n) is 4.26. The van der Waals surface area contributed by atoms with Gasteiger partial charge in [-0.3, -0.25) is 9.88 Å². The number of nitrogens with zero attached hydrogens (tertiary/aromatic N) is 4. The van der Waals surface area contributed by atoms with E-state index in [-0.39, 0.29) is 0 Å². The number of aromatic nitrogens is 3. The minimum absolute atomic E-state index is 0.657. The van der Waals surface area contributed by atoms with Crippen LogP contribution >= 0.6 is 0 Å². The van der Waals surface area contributed by atoms with Gasteiger partial charge in [0.15, 0.2) is 11.6 Å². The SMILES string of the molecule is Cc1cccnc1CN1CCc2cnc(-c3ccco3)nc2C1. The smallest absolute Gasteiger partial charge is 0.195 e. The molecule has 0 bridgehead atoms. The summed E-state index contributed by atoms with van der Waals surface area (Å²) in [5.74, 6) is 1.37. The Morgan fingerprint density at radius 2 is 2.17 bits per heavy atom. The molecule has 0 N–H and O–H groups in total. The number of rotatable bonds is 3. The normalized spacial score (nSPS) is 14.7. The first-order chi connectivity index (χ1) is 11.3. The molecule has 4 heterocycles. The summed E-state index contributed by atoms with van der Waals surface area (Å²) in [5, 5.41) is 0. The van der Waals surface area contributed by atoms with Gasteiger partial charge in [-0.25, -0.2) is 9.97 Å². The lowest BCUT2D eigenvalue weighted by atomic mass is 10.1. The first kappa shape index (κ1) is 14.1. The zero-order chi connectivity index (χ0) is 15.6. The van der Waals surface area contributed by atoms with E-state index in [4.69, 9.17) is 9.40 Å². The molecule has 1 aliphatic rings. The van der Waals surface area contributed by atoms with Gasteiger partial charge in [-0.15, -0.1) is 0 Å².